The number of hydrogen-bond donors (Lipinski definition) is 2. The van der Waals surface area contributed by atoms with Crippen LogP contribution in [0.2, 0.25) is 10.0 Å². The van der Waals surface area contributed by atoms with E-state index in [0.717, 1.165) is 5.69 Å². The summed E-state index contributed by atoms with van der Waals surface area (Å²) < 4.78 is 13.3. The predicted octanol–water partition coefficient (Wildman–Crippen LogP) is 4.94. The van der Waals surface area contributed by atoms with Crippen molar-refractivity contribution in [3.8, 4) is 0 Å². The van der Waals surface area contributed by atoms with Crippen LogP contribution in [0.15, 0.2) is 42.5 Å². The molecule has 0 radical (unpaired) electrons. The fraction of sp³-hybridized carbons (Fsp3) is 0. The first-order chi connectivity index (χ1) is 9.06. The highest BCUT2D eigenvalue weighted by Crippen LogP contribution is 2.27. The smallest absolute Gasteiger partial charge is 0.175 e. The molecule has 2 nitrogen and oxygen atoms in total. The number of thiocarbonyl (C=S) groups is 1. The van der Waals surface area contributed by atoms with Gasteiger partial charge in [0.15, 0.2) is 10.9 Å². The zero-order valence-electron chi connectivity index (χ0n) is 9.58. The highest BCUT2D eigenvalue weighted by atomic mass is 35.5. The Hall–Kier alpha value is -1.36. The van der Waals surface area contributed by atoms with Gasteiger partial charge in [-0.05, 0) is 36.5 Å². The van der Waals surface area contributed by atoms with Crippen LogP contribution in [0, 0.1) is 5.82 Å². The van der Waals surface area contributed by atoms with Crippen molar-refractivity contribution in [3.63, 3.8) is 0 Å². The van der Waals surface area contributed by atoms with Crippen molar-refractivity contribution in [2.75, 3.05) is 10.6 Å². The van der Waals surface area contributed by atoms with Crippen LogP contribution in [0.5, 0.6) is 0 Å². The number of nitrogens with one attached hydrogen (secondary N) is 2. The SMILES string of the molecule is Fc1c(Cl)cc(NC(=S)Nc2ccccc2)cc1Cl. The Labute approximate surface area is 125 Å². The second-order valence-corrected chi connectivity index (χ2v) is 4.92. The number of rotatable bonds is 2. The molecule has 0 atom stereocenters. The molecule has 0 heterocycles. The Morgan fingerprint density at radius 3 is 2.05 bits per heavy atom. The largest absolute Gasteiger partial charge is 0.332 e. The van der Waals surface area contributed by atoms with Crippen molar-refractivity contribution in [3.05, 3.63) is 58.3 Å². The fourth-order valence-electron chi connectivity index (χ4n) is 1.44. The van der Waals surface area contributed by atoms with Crippen molar-refractivity contribution < 1.29 is 4.39 Å². The molecule has 2 N–H and O–H groups in total. The van der Waals surface area contributed by atoms with E-state index in [-0.39, 0.29) is 10.0 Å². The van der Waals surface area contributed by atoms with Crippen LogP contribution in [0.1, 0.15) is 0 Å². The molecule has 0 aliphatic carbocycles. The Balaban J connectivity index is 2.07. The van der Waals surface area contributed by atoms with Gasteiger partial charge in [-0.1, -0.05) is 41.4 Å². The minimum atomic E-state index is -0.643. The van der Waals surface area contributed by atoms with Crippen molar-refractivity contribution in [1.29, 1.82) is 0 Å². The summed E-state index contributed by atoms with van der Waals surface area (Å²) in [6.45, 7) is 0. The molecule has 6 heteroatoms. The molecule has 19 heavy (non-hydrogen) atoms. The second kappa shape index (κ2) is 6.19. The lowest BCUT2D eigenvalue weighted by atomic mass is 10.3. The zero-order chi connectivity index (χ0) is 13.8. The first-order valence-corrected chi connectivity index (χ1v) is 6.50. The van der Waals surface area contributed by atoms with Gasteiger partial charge in [-0.3, -0.25) is 0 Å². The van der Waals surface area contributed by atoms with Gasteiger partial charge in [-0.25, -0.2) is 4.39 Å². The van der Waals surface area contributed by atoms with Gasteiger partial charge in [-0.15, -0.1) is 0 Å². The maximum atomic E-state index is 13.3. The molecular weight excluding hydrogens is 306 g/mol. The number of para-hydroxylation sites is 1. The minimum absolute atomic E-state index is 0.0579. The molecule has 0 aliphatic heterocycles. The zero-order valence-corrected chi connectivity index (χ0v) is 11.9. The molecule has 0 saturated carbocycles. The van der Waals surface area contributed by atoms with Gasteiger partial charge in [0, 0.05) is 11.4 Å². The quantitative estimate of drug-likeness (QED) is 0.606. The first kappa shape index (κ1) is 14.1. The van der Waals surface area contributed by atoms with Crippen molar-refractivity contribution in [2.24, 2.45) is 0 Å². The Morgan fingerprint density at radius 1 is 0.947 bits per heavy atom. The van der Waals surface area contributed by atoms with E-state index in [4.69, 9.17) is 35.4 Å². The van der Waals surface area contributed by atoms with Gasteiger partial charge in [0.05, 0.1) is 10.0 Å². The summed E-state index contributed by atoms with van der Waals surface area (Å²) in [6.07, 6.45) is 0. The Morgan fingerprint density at radius 2 is 1.47 bits per heavy atom. The number of hydrogen-bond acceptors (Lipinski definition) is 1. The van der Waals surface area contributed by atoms with Gasteiger partial charge in [-0.2, -0.15) is 0 Å². The molecule has 0 amide bonds. The highest BCUT2D eigenvalue weighted by molar-refractivity contribution is 7.80. The molecule has 2 rings (SSSR count). The third-order valence-corrected chi connectivity index (χ3v) is 3.03. The van der Waals surface area contributed by atoms with Gasteiger partial charge in [0.2, 0.25) is 0 Å². The van der Waals surface area contributed by atoms with E-state index in [1.54, 1.807) is 0 Å². The molecule has 0 aromatic heterocycles. The topological polar surface area (TPSA) is 24.1 Å². The summed E-state index contributed by atoms with van der Waals surface area (Å²) >= 11 is 16.5. The molecule has 0 fully saturated rings. The lowest BCUT2D eigenvalue weighted by Gasteiger charge is -2.11. The van der Waals surface area contributed by atoms with Crippen LogP contribution in [0.25, 0.3) is 0 Å². The Kier molecular flexibility index (Phi) is 4.58. The van der Waals surface area contributed by atoms with Gasteiger partial charge < -0.3 is 10.6 Å². The van der Waals surface area contributed by atoms with Crippen LogP contribution >= 0.6 is 35.4 Å². The second-order valence-electron chi connectivity index (χ2n) is 3.70. The molecule has 2 aromatic rings. The van der Waals surface area contributed by atoms with Crippen molar-refractivity contribution >= 4 is 51.9 Å². The fourth-order valence-corrected chi connectivity index (χ4v) is 2.17. The normalized spacial score (nSPS) is 10.1. The summed E-state index contributed by atoms with van der Waals surface area (Å²) in [6, 6.07) is 12.3. The molecule has 0 spiro atoms. The summed E-state index contributed by atoms with van der Waals surface area (Å²) in [4.78, 5) is 0. The third-order valence-electron chi connectivity index (χ3n) is 2.27. The summed E-state index contributed by atoms with van der Waals surface area (Å²) in [5, 5.41) is 6.12. The molecular formula is C13H9Cl2FN2S. The van der Waals surface area contributed by atoms with E-state index in [0.29, 0.717) is 10.8 Å². The standard InChI is InChI=1S/C13H9Cl2FN2S/c14-10-6-9(7-11(15)12(10)16)18-13(19)17-8-4-2-1-3-5-8/h1-7H,(H2,17,18,19). The van der Waals surface area contributed by atoms with Crippen LogP contribution in [0.3, 0.4) is 0 Å². The van der Waals surface area contributed by atoms with Crippen LogP contribution in [-0.2, 0) is 0 Å². The molecule has 0 saturated heterocycles. The van der Waals surface area contributed by atoms with E-state index in [1.165, 1.54) is 12.1 Å². The van der Waals surface area contributed by atoms with Crippen LogP contribution in [-0.4, -0.2) is 5.11 Å². The molecule has 0 unspecified atom stereocenters. The first-order valence-electron chi connectivity index (χ1n) is 5.34. The van der Waals surface area contributed by atoms with Crippen LogP contribution < -0.4 is 10.6 Å². The lowest BCUT2D eigenvalue weighted by Crippen LogP contribution is -2.19. The van der Waals surface area contributed by atoms with E-state index >= 15 is 0 Å². The Bertz CT molecular complexity index is 582. The number of halogens is 3. The summed E-state index contributed by atoms with van der Waals surface area (Å²) in [5.41, 5.74) is 1.36. The third kappa shape index (κ3) is 3.80. The molecule has 0 bridgehead atoms. The predicted molar refractivity (Wildman–Crippen MR) is 82.7 cm³/mol. The monoisotopic (exact) mass is 314 g/mol. The minimum Gasteiger partial charge on any atom is -0.332 e. The van der Waals surface area contributed by atoms with E-state index < -0.39 is 5.82 Å². The molecule has 2 aromatic carbocycles. The van der Waals surface area contributed by atoms with E-state index in [9.17, 15) is 4.39 Å². The summed E-state index contributed by atoms with van der Waals surface area (Å²) in [5.74, 6) is -0.643. The highest BCUT2D eigenvalue weighted by Gasteiger charge is 2.08. The van der Waals surface area contributed by atoms with Gasteiger partial charge >= 0.3 is 0 Å². The average Bonchev–Trinajstić information content (AvgIpc) is 2.37. The number of anilines is 2. The lowest BCUT2D eigenvalue weighted by molar-refractivity contribution is 0.629. The van der Waals surface area contributed by atoms with Crippen molar-refractivity contribution in [1.82, 2.24) is 0 Å². The maximum absolute atomic E-state index is 13.3. The number of benzene rings is 2. The van der Waals surface area contributed by atoms with Crippen molar-refractivity contribution in [2.45, 2.75) is 0 Å². The van der Waals surface area contributed by atoms with Gasteiger partial charge in [0.25, 0.3) is 0 Å². The maximum Gasteiger partial charge on any atom is 0.175 e. The average molecular weight is 315 g/mol. The van der Waals surface area contributed by atoms with Gasteiger partial charge in [0.1, 0.15) is 0 Å². The molecule has 98 valence electrons. The van der Waals surface area contributed by atoms with E-state index in [2.05, 4.69) is 10.6 Å². The van der Waals surface area contributed by atoms with Crippen LogP contribution in [0.4, 0.5) is 15.8 Å². The summed E-state index contributed by atoms with van der Waals surface area (Å²) in [7, 11) is 0. The van der Waals surface area contributed by atoms with E-state index in [1.807, 2.05) is 30.3 Å². The molecule has 0 aliphatic rings.